The number of carbonyl (C=O) groups excluding carboxylic acids is 1. The van der Waals surface area contributed by atoms with Crippen molar-refractivity contribution in [1.82, 2.24) is 0 Å². The molecule has 0 spiro atoms. The average molecular weight is 272 g/mol. The van der Waals surface area contributed by atoms with Gasteiger partial charge in [-0.25, -0.2) is 0 Å². The summed E-state index contributed by atoms with van der Waals surface area (Å²) >= 11 is 0. The summed E-state index contributed by atoms with van der Waals surface area (Å²) in [6.45, 7) is 18.7. The van der Waals surface area contributed by atoms with Crippen molar-refractivity contribution in [1.29, 1.82) is 0 Å². The second kappa shape index (κ2) is 6.25. The lowest BCUT2D eigenvalue weighted by molar-refractivity contribution is -0.218. The van der Waals surface area contributed by atoms with E-state index < -0.39 is 11.7 Å². The van der Waals surface area contributed by atoms with Crippen molar-refractivity contribution < 1.29 is 14.3 Å². The number of ether oxygens (including phenoxy) is 2. The molecule has 0 N–H and O–H groups in total. The predicted molar refractivity (Wildman–Crippen MR) is 78.8 cm³/mol. The lowest BCUT2D eigenvalue weighted by Crippen LogP contribution is -2.39. The van der Waals surface area contributed by atoms with Crippen molar-refractivity contribution in [3.63, 3.8) is 0 Å². The zero-order chi connectivity index (χ0) is 15.5. The molecule has 3 nitrogen and oxygen atoms in total. The van der Waals surface area contributed by atoms with Crippen LogP contribution in [-0.2, 0) is 14.3 Å². The van der Waals surface area contributed by atoms with Gasteiger partial charge in [-0.3, -0.25) is 4.79 Å². The Hall–Kier alpha value is -0.570. The molecule has 3 heteroatoms. The fraction of sp³-hybridized carbons (Fsp3) is 0.938. The molecule has 0 saturated heterocycles. The minimum atomic E-state index is -0.509. The average Bonchev–Trinajstić information content (AvgIpc) is 2.20. The van der Waals surface area contributed by atoms with Gasteiger partial charge < -0.3 is 9.47 Å². The van der Waals surface area contributed by atoms with E-state index in [1.54, 1.807) is 0 Å². The number of hydrogen-bond acceptors (Lipinski definition) is 3. The molecule has 0 aromatic heterocycles. The van der Waals surface area contributed by atoms with Crippen molar-refractivity contribution >= 4 is 5.97 Å². The van der Waals surface area contributed by atoms with E-state index in [1.807, 2.05) is 41.5 Å². The van der Waals surface area contributed by atoms with Crippen LogP contribution in [0.25, 0.3) is 0 Å². The highest BCUT2D eigenvalue weighted by Gasteiger charge is 2.35. The fourth-order valence-electron chi connectivity index (χ4n) is 1.19. The van der Waals surface area contributed by atoms with Crippen LogP contribution in [-0.4, -0.2) is 18.9 Å². The minimum absolute atomic E-state index is 0.0518. The normalized spacial score (nSPS) is 15.2. The molecule has 0 rings (SSSR count). The van der Waals surface area contributed by atoms with Crippen LogP contribution < -0.4 is 0 Å². The fourth-order valence-corrected chi connectivity index (χ4v) is 1.19. The van der Waals surface area contributed by atoms with Gasteiger partial charge in [0.2, 0.25) is 6.29 Å². The molecule has 0 amide bonds. The zero-order valence-electron chi connectivity index (χ0n) is 14.2. The Balaban J connectivity index is 4.77. The van der Waals surface area contributed by atoms with Gasteiger partial charge in [0.1, 0.15) is 0 Å². The molecule has 0 aliphatic rings. The molecule has 1 unspecified atom stereocenters. The minimum Gasteiger partial charge on any atom is -0.435 e. The van der Waals surface area contributed by atoms with Gasteiger partial charge in [-0.05, 0) is 25.7 Å². The molecule has 0 aromatic carbocycles. The molecule has 114 valence electrons. The van der Waals surface area contributed by atoms with E-state index in [2.05, 4.69) is 20.8 Å². The summed E-state index contributed by atoms with van der Waals surface area (Å²) in [4.78, 5) is 12.2. The Kier molecular flexibility index (Phi) is 6.07. The molecule has 0 aliphatic carbocycles. The highest BCUT2D eigenvalue weighted by atomic mass is 16.7. The van der Waals surface area contributed by atoms with Crippen LogP contribution in [0.1, 0.15) is 68.7 Å². The maximum absolute atomic E-state index is 12.2. The summed E-state index contributed by atoms with van der Waals surface area (Å²) in [7, 11) is 0. The van der Waals surface area contributed by atoms with Crippen molar-refractivity contribution in [2.45, 2.75) is 75.0 Å². The summed E-state index contributed by atoms with van der Waals surface area (Å²) in [5, 5.41) is 0. The van der Waals surface area contributed by atoms with Crippen LogP contribution in [0, 0.1) is 16.2 Å². The van der Waals surface area contributed by atoms with Crippen molar-refractivity contribution in [3.8, 4) is 0 Å². The van der Waals surface area contributed by atoms with Crippen LogP contribution in [0.3, 0.4) is 0 Å². The van der Waals surface area contributed by atoms with E-state index in [-0.39, 0.29) is 16.8 Å². The van der Waals surface area contributed by atoms with E-state index >= 15 is 0 Å². The molecule has 1 atom stereocenters. The first-order valence-electron chi connectivity index (χ1n) is 7.12. The maximum Gasteiger partial charge on any atom is 0.313 e. The lowest BCUT2D eigenvalue weighted by Gasteiger charge is -2.34. The molecule has 0 bridgehead atoms. The van der Waals surface area contributed by atoms with E-state index in [1.165, 1.54) is 0 Å². The van der Waals surface area contributed by atoms with Gasteiger partial charge in [-0.2, -0.15) is 0 Å². The first-order valence-corrected chi connectivity index (χ1v) is 7.12. The molecule has 19 heavy (non-hydrogen) atoms. The van der Waals surface area contributed by atoms with Crippen LogP contribution in [0.2, 0.25) is 0 Å². The third-order valence-corrected chi connectivity index (χ3v) is 3.03. The Morgan fingerprint density at radius 1 is 1.00 bits per heavy atom. The molecule has 0 aromatic rings. The molecule has 0 fully saturated rings. The van der Waals surface area contributed by atoms with Crippen LogP contribution in [0.5, 0.6) is 0 Å². The third-order valence-electron chi connectivity index (χ3n) is 3.03. The van der Waals surface area contributed by atoms with Gasteiger partial charge in [-0.15, -0.1) is 0 Å². The first-order chi connectivity index (χ1) is 8.29. The summed E-state index contributed by atoms with van der Waals surface area (Å²) in [5.74, 6) is -0.191. The Morgan fingerprint density at radius 2 is 1.47 bits per heavy atom. The third kappa shape index (κ3) is 6.95. The molecule has 0 saturated carbocycles. The van der Waals surface area contributed by atoms with Crippen LogP contribution in [0.15, 0.2) is 0 Å². The van der Waals surface area contributed by atoms with Crippen molar-refractivity contribution in [2.24, 2.45) is 16.2 Å². The smallest absolute Gasteiger partial charge is 0.313 e. The van der Waals surface area contributed by atoms with E-state index in [9.17, 15) is 4.79 Å². The number of rotatable bonds is 5. The van der Waals surface area contributed by atoms with E-state index in [4.69, 9.17) is 9.47 Å². The van der Waals surface area contributed by atoms with Gasteiger partial charge >= 0.3 is 5.97 Å². The summed E-state index contributed by atoms with van der Waals surface area (Å²) in [6.07, 6.45) is 0.243. The molecule has 0 radical (unpaired) electrons. The largest absolute Gasteiger partial charge is 0.435 e. The van der Waals surface area contributed by atoms with Crippen LogP contribution in [0.4, 0.5) is 0 Å². The highest BCUT2D eigenvalue weighted by Crippen LogP contribution is 2.29. The van der Waals surface area contributed by atoms with Gasteiger partial charge in [0.05, 0.1) is 12.0 Å². The summed E-state index contributed by atoms with van der Waals surface area (Å²) < 4.78 is 11.4. The molecule has 0 heterocycles. The zero-order valence-corrected chi connectivity index (χ0v) is 14.2. The molecule has 0 aliphatic heterocycles. The van der Waals surface area contributed by atoms with E-state index in [0.717, 1.165) is 6.42 Å². The Labute approximate surface area is 119 Å². The van der Waals surface area contributed by atoms with Gasteiger partial charge in [0.25, 0.3) is 0 Å². The number of hydrogen-bond donors (Lipinski definition) is 0. The van der Waals surface area contributed by atoms with Crippen LogP contribution >= 0.6 is 0 Å². The predicted octanol–water partition coefficient (Wildman–Crippen LogP) is 4.40. The quantitative estimate of drug-likeness (QED) is 0.549. The second-order valence-electron chi connectivity index (χ2n) is 8.21. The standard InChI is InChI=1S/C16H32O3/c1-10-16(8,9)12(17)19-13(15(5,6)7)18-11-14(2,3)4/h13H,10-11H2,1-9H3. The Bertz CT molecular complexity index is 292. The van der Waals surface area contributed by atoms with Crippen molar-refractivity contribution in [3.05, 3.63) is 0 Å². The summed E-state index contributed by atoms with van der Waals surface area (Å²) in [5.41, 5.74) is -0.643. The first kappa shape index (κ1) is 18.4. The monoisotopic (exact) mass is 272 g/mol. The lowest BCUT2D eigenvalue weighted by atomic mass is 9.90. The topological polar surface area (TPSA) is 35.5 Å². The van der Waals surface area contributed by atoms with Gasteiger partial charge in [0.15, 0.2) is 0 Å². The maximum atomic E-state index is 12.2. The highest BCUT2D eigenvalue weighted by molar-refractivity contribution is 5.75. The molecular weight excluding hydrogens is 240 g/mol. The van der Waals surface area contributed by atoms with Gasteiger partial charge in [-0.1, -0.05) is 48.5 Å². The SMILES string of the molecule is CCC(C)(C)C(=O)OC(OCC(C)(C)C)C(C)(C)C. The number of esters is 1. The second-order valence-corrected chi connectivity index (χ2v) is 8.21. The number of carbonyl (C=O) groups is 1. The van der Waals surface area contributed by atoms with E-state index in [0.29, 0.717) is 6.61 Å². The molecular formula is C16H32O3. The van der Waals surface area contributed by atoms with Crippen molar-refractivity contribution in [2.75, 3.05) is 6.61 Å². The Morgan fingerprint density at radius 3 is 1.79 bits per heavy atom. The van der Waals surface area contributed by atoms with Gasteiger partial charge in [0, 0.05) is 5.41 Å². The summed E-state index contributed by atoms with van der Waals surface area (Å²) in [6, 6.07) is 0.